The number of rotatable bonds is 3. The summed E-state index contributed by atoms with van der Waals surface area (Å²) >= 11 is 0. The molecule has 13 heavy (non-hydrogen) atoms. The highest BCUT2D eigenvalue weighted by molar-refractivity contribution is 5.56. The number of hydrogen-bond donors (Lipinski definition) is 1. The number of hydrogen-bond acceptors (Lipinski definition) is 3. The van der Waals surface area contributed by atoms with Crippen LogP contribution in [-0.2, 0) is 4.84 Å². The summed E-state index contributed by atoms with van der Waals surface area (Å²) in [6.07, 6.45) is 0. The van der Waals surface area contributed by atoms with Crippen LogP contribution in [0, 0.1) is 6.92 Å². The van der Waals surface area contributed by atoms with E-state index in [2.05, 4.69) is 0 Å². The second-order valence-electron chi connectivity index (χ2n) is 2.96. The van der Waals surface area contributed by atoms with Crippen molar-refractivity contribution in [3.8, 4) is 0 Å². The maximum atomic E-state index is 5.70. The highest BCUT2D eigenvalue weighted by atomic mass is 16.7. The van der Waals surface area contributed by atoms with E-state index < -0.39 is 0 Å². The maximum absolute atomic E-state index is 5.70. The van der Waals surface area contributed by atoms with E-state index in [9.17, 15) is 0 Å². The molecule has 1 rings (SSSR count). The maximum Gasteiger partial charge on any atom is 0.0720 e. The van der Waals surface area contributed by atoms with Crippen LogP contribution in [0.3, 0.4) is 0 Å². The van der Waals surface area contributed by atoms with Gasteiger partial charge in [0.25, 0.3) is 0 Å². The molecule has 0 aliphatic rings. The van der Waals surface area contributed by atoms with E-state index >= 15 is 0 Å². The fourth-order valence-electron chi connectivity index (χ4n) is 1.12. The zero-order valence-electron chi connectivity index (χ0n) is 8.37. The third-order valence-electron chi connectivity index (χ3n) is 1.94. The van der Waals surface area contributed by atoms with Crippen LogP contribution < -0.4 is 10.8 Å². The molecular formula is C10H16N2O. The van der Waals surface area contributed by atoms with E-state index in [1.165, 1.54) is 0 Å². The number of aryl methyl sites for hydroxylation is 1. The Hall–Kier alpha value is -1.22. The Kier molecular flexibility index (Phi) is 3.14. The first-order chi connectivity index (χ1) is 6.15. The minimum atomic E-state index is 0.667. The SMILES string of the molecule is CCON(C)c1ccc(N)c(C)c1. The largest absolute Gasteiger partial charge is 0.399 e. The average Bonchev–Trinajstić information content (AvgIpc) is 2.10. The van der Waals surface area contributed by atoms with Gasteiger partial charge in [0.05, 0.1) is 12.3 Å². The van der Waals surface area contributed by atoms with Gasteiger partial charge in [-0.05, 0) is 37.6 Å². The number of hydroxylamine groups is 1. The lowest BCUT2D eigenvalue weighted by atomic mass is 10.2. The van der Waals surface area contributed by atoms with Gasteiger partial charge in [0.1, 0.15) is 0 Å². The molecule has 0 aliphatic heterocycles. The van der Waals surface area contributed by atoms with Gasteiger partial charge in [-0.15, -0.1) is 0 Å². The van der Waals surface area contributed by atoms with Gasteiger partial charge in [-0.3, -0.25) is 9.90 Å². The summed E-state index contributed by atoms with van der Waals surface area (Å²) in [6, 6.07) is 5.84. The Balaban J connectivity index is 2.84. The molecule has 1 aromatic carbocycles. The standard InChI is InChI=1S/C10H16N2O/c1-4-13-12(3)9-5-6-10(11)8(2)7-9/h5-7H,4,11H2,1-3H3. The minimum absolute atomic E-state index is 0.667. The smallest absolute Gasteiger partial charge is 0.0720 e. The topological polar surface area (TPSA) is 38.5 Å². The summed E-state index contributed by atoms with van der Waals surface area (Å²) < 4.78 is 0. The van der Waals surface area contributed by atoms with Gasteiger partial charge in [-0.1, -0.05) is 0 Å². The van der Waals surface area contributed by atoms with Gasteiger partial charge >= 0.3 is 0 Å². The van der Waals surface area contributed by atoms with Crippen LogP contribution in [-0.4, -0.2) is 13.7 Å². The van der Waals surface area contributed by atoms with E-state index in [0.29, 0.717) is 6.61 Å². The average molecular weight is 180 g/mol. The molecule has 3 heteroatoms. The molecule has 0 spiro atoms. The quantitative estimate of drug-likeness (QED) is 0.571. The minimum Gasteiger partial charge on any atom is -0.399 e. The number of benzene rings is 1. The fraction of sp³-hybridized carbons (Fsp3) is 0.400. The second-order valence-corrected chi connectivity index (χ2v) is 2.96. The first kappa shape index (κ1) is 9.86. The van der Waals surface area contributed by atoms with Crippen molar-refractivity contribution in [2.24, 2.45) is 0 Å². The van der Waals surface area contributed by atoms with Crippen LogP contribution in [0.25, 0.3) is 0 Å². The fourth-order valence-corrected chi connectivity index (χ4v) is 1.12. The van der Waals surface area contributed by atoms with E-state index in [1.54, 1.807) is 5.06 Å². The predicted octanol–water partition coefficient (Wildman–Crippen LogP) is 1.96. The van der Waals surface area contributed by atoms with Crippen molar-refractivity contribution in [2.45, 2.75) is 13.8 Å². The third kappa shape index (κ3) is 2.36. The van der Waals surface area contributed by atoms with E-state index in [0.717, 1.165) is 16.9 Å². The van der Waals surface area contributed by atoms with Crippen molar-refractivity contribution in [2.75, 3.05) is 24.5 Å². The monoisotopic (exact) mass is 180 g/mol. The van der Waals surface area contributed by atoms with E-state index in [4.69, 9.17) is 10.6 Å². The van der Waals surface area contributed by atoms with Gasteiger partial charge in [0.2, 0.25) is 0 Å². The lowest BCUT2D eigenvalue weighted by Gasteiger charge is -2.18. The van der Waals surface area contributed by atoms with Gasteiger partial charge in [-0.25, -0.2) is 0 Å². The van der Waals surface area contributed by atoms with Gasteiger partial charge in [-0.2, -0.15) is 0 Å². The Morgan fingerprint density at radius 2 is 2.15 bits per heavy atom. The molecule has 3 nitrogen and oxygen atoms in total. The highest BCUT2D eigenvalue weighted by Gasteiger charge is 2.01. The Bertz CT molecular complexity index is 286. The lowest BCUT2D eigenvalue weighted by molar-refractivity contribution is 0.135. The first-order valence-corrected chi connectivity index (χ1v) is 4.38. The zero-order chi connectivity index (χ0) is 9.84. The van der Waals surface area contributed by atoms with Crippen molar-refractivity contribution >= 4 is 11.4 Å². The van der Waals surface area contributed by atoms with Crippen molar-refractivity contribution < 1.29 is 4.84 Å². The van der Waals surface area contributed by atoms with Crippen LogP contribution in [0.2, 0.25) is 0 Å². The van der Waals surface area contributed by atoms with Gasteiger partial charge in [0.15, 0.2) is 0 Å². The molecular weight excluding hydrogens is 164 g/mol. The van der Waals surface area contributed by atoms with E-state index in [1.807, 2.05) is 39.1 Å². The van der Waals surface area contributed by atoms with Gasteiger partial charge < -0.3 is 5.73 Å². The number of nitrogens with zero attached hydrogens (tertiary/aromatic N) is 1. The molecule has 1 aromatic rings. The molecule has 0 saturated carbocycles. The van der Waals surface area contributed by atoms with Crippen LogP contribution in [0.15, 0.2) is 18.2 Å². The van der Waals surface area contributed by atoms with E-state index in [-0.39, 0.29) is 0 Å². The molecule has 0 heterocycles. The van der Waals surface area contributed by atoms with Crippen LogP contribution in [0.1, 0.15) is 12.5 Å². The number of anilines is 2. The molecule has 0 atom stereocenters. The summed E-state index contributed by atoms with van der Waals surface area (Å²) in [7, 11) is 1.88. The third-order valence-corrected chi connectivity index (χ3v) is 1.94. The summed E-state index contributed by atoms with van der Waals surface area (Å²) in [5, 5.41) is 1.74. The zero-order valence-corrected chi connectivity index (χ0v) is 8.37. The molecule has 0 saturated heterocycles. The Labute approximate surface area is 79.1 Å². The summed E-state index contributed by atoms with van der Waals surface area (Å²) in [5.74, 6) is 0. The molecule has 0 bridgehead atoms. The second kappa shape index (κ2) is 4.14. The van der Waals surface area contributed by atoms with Crippen LogP contribution in [0.5, 0.6) is 0 Å². The highest BCUT2D eigenvalue weighted by Crippen LogP contribution is 2.19. The summed E-state index contributed by atoms with van der Waals surface area (Å²) in [6.45, 7) is 4.61. The van der Waals surface area contributed by atoms with Crippen molar-refractivity contribution in [3.63, 3.8) is 0 Å². The molecule has 0 aliphatic carbocycles. The predicted molar refractivity (Wildman–Crippen MR) is 55.6 cm³/mol. The van der Waals surface area contributed by atoms with Crippen molar-refractivity contribution in [3.05, 3.63) is 23.8 Å². The number of nitrogen functional groups attached to an aromatic ring is 1. The van der Waals surface area contributed by atoms with Crippen molar-refractivity contribution in [1.29, 1.82) is 0 Å². The summed E-state index contributed by atoms with van der Waals surface area (Å²) in [4.78, 5) is 5.32. The summed E-state index contributed by atoms with van der Waals surface area (Å²) in [5.41, 5.74) is 8.61. The molecule has 0 amide bonds. The molecule has 72 valence electrons. The molecule has 2 N–H and O–H groups in total. The van der Waals surface area contributed by atoms with Crippen LogP contribution >= 0.6 is 0 Å². The lowest BCUT2D eigenvalue weighted by Crippen LogP contribution is -2.17. The molecule has 0 radical (unpaired) electrons. The number of nitrogens with two attached hydrogens (primary N) is 1. The van der Waals surface area contributed by atoms with Gasteiger partial charge in [0, 0.05) is 12.7 Å². The Morgan fingerprint density at radius 3 is 2.69 bits per heavy atom. The normalized spacial score (nSPS) is 10.1. The Morgan fingerprint density at radius 1 is 1.46 bits per heavy atom. The molecule has 0 fully saturated rings. The molecule has 0 unspecified atom stereocenters. The molecule has 0 aromatic heterocycles. The first-order valence-electron chi connectivity index (χ1n) is 4.38. The van der Waals surface area contributed by atoms with Crippen LogP contribution in [0.4, 0.5) is 11.4 Å². The van der Waals surface area contributed by atoms with Crippen molar-refractivity contribution in [1.82, 2.24) is 0 Å².